The van der Waals surface area contributed by atoms with Crippen LogP contribution in [-0.2, 0) is 6.18 Å². The summed E-state index contributed by atoms with van der Waals surface area (Å²) < 4.78 is 36.2. The fourth-order valence-electron chi connectivity index (χ4n) is 0.848. The van der Waals surface area contributed by atoms with Gasteiger partial charge in [-0.2, -0.15) is 13.2 Å². The summed E-state index contributed by atoms with van der Waals surface area (Å²) >= 11 is 0. The van der Waals surface area contributed by atoms with Gasteiger partial charge < -0.3 is 0 Å². The van der Waals surface area contributed by atoms with Crippen molar-refractivity contribution >= 4 is 5.69 Å². The molecule has 0 saturated carbocycles. The smallest absolute Gasteiger partial charge is 0.248 e. The number of nitrogens with zero attached hydrogens (tertiary/aromatic N) is 2. The number of pyridine rings is 1. The molecule has 0 N–H and O–H groups in total. The van der Waals surface area contributed by atoms with E-state index >= 15 is 0 Å². The van der Waals surface area contributed by atoms with E-state index in [0.717, 1.165) is 0 Å². The second kappa shape index (κ2) is 3.12. The van der Waals surface area contributed by atoms with Crippen molar-refractivity contribution in [1.82, 2.24) is 4.98 Å². The lowest BCUT2D eigenvalue weighted by atomic mass is 10.2. The van der Waals surface area contributed by atoms with Gasteiger partial charge in [0, 0.05) is 5.69 Å². The van der Waals surface area contributed by atoms with Gasteiger partial charge in [-0.1, -0.05) is 0 Å². The van der Waals surface area contributed by atoms with E-state index in [1.54, 1.807) is 0 Å². The van der Waals surface area contributed by atoms with Crippen LogP contribution >= 0.6 is 0 Å². The SMILES string of the molecule is Cc1cc(N=O)cc(C(F)(F)F)n1. The van der Waals surface area contributed by atoms with Crippen molar-refractivity contribution < 1.29 is 13.2 Å². The molecule has 1 aromatic heterocycles. The molecule has 0 fully saturated rings. The van der Waals surface area contributed by atoms with Gasteiger partial charge in [0.2, 0.25) is 0 Å². The molecule has 0 bridgehead atoms. The minimum atomic E-state index is -4.54. The van der Waals surface area contributed by atoms with Crippen molar-refractivity contribution in [2.75, 3.05) is 0 Å². The summed E-state index contributed by atoms with van der Waals surface area (Å²) in [5.41, 5.74) is -1.24. The highest BCUT2D eigenvalue weighted by atomic mass is 19.4. The minimum absolute atomic E-state index is 0.115. The highest BCUT2D eigenvalue weighted by Gasteiger charge is 2.33. The van der Waals surface area contributed by atoms with E-state index in [2.05, 4.69) is 10.2 Å². The van der Waals surface area contributed by atoms with Gasteiger partial charge in [0.15, 0.2) is 0 Å². The molecule has 13 heavy (non-hydrogen) atoms. The van der Waals surface area contributed by atoms with Crippen LogP contribution in [-0.4, -0.2) is 4.98 Å². The third-order valence-electron chi connectivity index (χ3n) is 1.33. The lowest BCUT2D eigenvalue weighted by Crippen LogP contribution is -2.08. The van der Waals surface area contributed by atoms with Crippen LogP contribution in [0.3, 0.4) is 0 Å². The highest BCUT2D eigenvalue weighted by molar-refractivity contribution is 5.39. The molecule has 6 heteroatoms. The fraction of sp³-hybridized carbons (Fsp3) is 0.286. The van der Waals surface area contributed by atoms with Crippen LogP contribution in [0.1, 0.15) is 11.4 Å². The number of hydrogen-bond acceptors (Lipinski definition) is 3. The predicted molar refractivity (Wildman–Crippen MR) is 39.4 cm³/mol. The highest BCUT2D eigenvalue weighted by Crippen LogP contribution is 2.30. The van der Waals surface area contributed by atoms with Gasteiger partial charge in [-0.25, -0.2) is 4.98 Å². The van der Waals surface area contributed by atoms with Crippen LogP contribution in [0, 0.1) is 11.8 Å². The summed E-state index contributed by atoms with van der Waals surface area (Å²) in [5, 5.41) is 2.42. The molecule has 0 aliphatic rings. The van der Waals surface area contributed by atoms with Crippen LogP contribution in [0.4, 0.5) is 18.9 Å². The molecule has 1 aromatic rings. The van der Waals surface area contributed by atoms with Crippen LogP contribution in [0.15, 0.2) is 17.3 Å². The van der Waals surface area contributed by atoms with Gasteiger partial charge in [-0.3, -0.25) is 0 Å². The number of aromatic nitrogens is 1. The van der Waals surface area contributed by atoms with Crippen LogP contribution in [0.2, 0.25) is 0 Å². The third-order valence-corrected chi connectivity index (χ3v) is 1.33. The molecule has 3 nitrogen and oxygen atoms in total. The number of aryl methyl sites for hydroxylation is 1. The summed E-state index contributed by atoms with van der Waals surface area (Å²) in [5.74, 6) is 0. The first-order valence-corrected chi connectivity index (χ1v) is 3.33. The molecule has 0 aliphatic heterocycles. The van der Waals surface area contributed by atoms with E-state index in [-0.39, 0.29) is 11.4 Å². The lowest BCUT2D eigenvalue weighted by Gasteiger charge is -2.05. The summed E-state index contributed by atoms with van der Waals surface area (Å²) in [6.45, 7) is 1.36. The van der Waals surface area contributed by atoms with E-state index in [4.69, 9.17) is 0 Å². The third kappa shape index (κ3) is 2.24. The zero-order valence-electron chi connectivity index (χ0n) is 6.59. The average Bonchev–Trinajstić information content (AvgIpc) is 2.01. The van der Waals surface area contributed by atoms with Crippen LogP contribution in [0.25, 0.3) is 0 Å². The molecule has 0 atom stereocenters. The number of halogens is 3. The molecule has 0 radical (unpaired) electrons. The Balaban J connectivity index is 3.24. The van der Waals surface area contributed by atoms with Gasteiger partial charge in [0.05, 0.1) is 0 Å². The van der Waals surface area contributed by atoms with Crippen molar-refractivity contribution in [3.8, 4) is 0 Å². The summed E-state index contributed by atoms with van der Waals surface area (Å²) in [6, 6.07) is 1.79. The van der Waals surface area contributed by atoms with E-state index in [1.807, 2.05) is 0 Å². The molecule has 0 amide bonds. The van der Waals surface area contributed by atoms with Crippen molar-refractivity contribution in [2.45, 2.75) is 13.1 Å². The summed E-state index contributed by atoms with van der Waals surface area (Å²) in [7, 11) is 0. The number of alkyl halides is 3. The Labute approximate surface area is 71.6 Å². The monoisotopic (exact) mass is 190 g/mol. The molecular weight excluding hydrogens is 185 g/mol. The quantitative estimate of drug-likeness (QED) is 0.639. The first-order valence-electron chi connectivity index (χ1n) is 3.33. The Morgan fingerprint density at radius 1 is 1.38 bits per heavy atom. The molecule has 0 aromatic carbocycles. The number of rotatable bonds is 1. The Hall–Kier alpha value is -1.46. The van der Waals surface area contributed by atoms with Crippen molar-refractivity contribution in [3.05, 3.63) is 28.4 Å². The van der Waals surface area contributed by atoms with Gasteiger partial charge in [0.25, 0.3) is 0 Å². The number of hydrogen-bond donors (Lipinski definition) is 0. The Morgan fingerprint density at radius 3 is 2.46 bits per heavy atom. The number of nitroso groups, excluding NO2 is 1. The maximum Gasteiger partial charge on any atom is 0.433 e. The molecule has 1 rings (SSSR count). The van der Waals surface area contributed by atoms with Gasteiger partial charge >= 0.3 is 6.18 Å². The first-order chi connectivity index (χ1) is 5.93. The standard InChI is InChI=1S/C7H5F3N2O/c1-4-2-5(12-13)3-6(11-4)7(8,9)10/h2-3H,1H3. The maximum atomic E-state index is 12.1. The normalized spacial score (nSPS) is 11.4. The van der Waals surface area contributed by atoms with Crippen molar-refractivity contribution in [3.63, 3.8) is 0 Å². The Kier molecular flexibility index (Phi) is 2.31. The van der Waals surface area contributed by atoms with Gasteiger partial charge in [0.1, 0.15) is 11.4 Å². The van der Waals surface area contributed by atoms with E-state index in [0.29, 0.717) is 6.07 Å². The largest absolute Gasteiger partial charge is 0.433 e. The molecule has 1 heterocycles. The predicted octanol–water partition coefficient (Wildman–Crippen LogP) is 2.81. The van der Waals surface area contributed by atoms with E-state index in [9.17, 15) is 18.1 Å². The molecule has 0 unspecified atom stereocenters. The van der Waals surface area contributed by atoms with Gasteiger partial charge in [-0.15, -0.1) is 4.91 Å². The molecule has 0 aliphatic carbocycles. The fourth-order valence-corrected chi connectivity index (χ4v) is 0.848. The summed E-state index contributed by atoms with van der Waals surface area (Å²) in [6.07, 6.45) is -4.54. The summed E-state index contributed by atoms with van der Waals surface area (Å²) in [4.78, 5) is 13.2. The molecule has 70 valence electrons. The Morgan fingerprint density at radius 2 is 2.00 bits per heavy atom. The molecular formula is C7H5F3N2O. The average molecular weight is 190 g/mol. The lowest BCUT2D eigenvalue weighted by molar-refractivity contribution is -0.141. The van der Waals surface area contributed by atoms with Gasteiger partial charge in [-0.05, 0) is 24.2 Å². The molecule has 0 saturated heterocycles. The maximum absolute atomic E-state index is 12.1. The Bertz CT molecular complexity index is 335. The zero-order chi connectivity index (χ0) is 10.1. The van der Waals surface area contributed by atoms with Crippen molar-refractivity contribution in [1.29, 1.82) is 0 Å². The van der Waals surface area contributed by atoms with E-state index in [1.165, 1.54) is 13.0 Å². The first kappa shape index (κ1) is 9.63. The minimum Gasteiger partial charge on any atom is -0.248 e. The van der Waals surface area contributed by atoms with Crippen LogP contribution < -0.4 is 0 Å². The van der Waals surface area contributed by atoms with Crippen molar-refractivity contribution in [2.24, 2.45) is 5.18 Å². The zero-order valence-corrected chi connectivity index (χ0v) is 6.59. The second-order valence-corrected chi connectivity index (χ2v) is 2.44. The van der Waals surface area contributed by atoms with Crippen LogP contribution in [0.5, 0.6) is 0 Å². The van der Waals surface area contributed by atoms with E-state index < -0.39 is 11.9 Å². The second-order valence-electron chi connectivity index (χ2n) is 2.44. The molecule has 0 spiro atoms. The topological polar surface area (TPSA) is 42.3 Å².